The molecule has 3 N–H and O–H groups in total. The molecule has 1 aliphatic carbocycles. The zero-order valence-electron chi connectivity index (χ0n) is 10.9. The zero-order valence-corrected chi connectivity index (χ0v) is 10.9. The lowest BCUT2D eigenvalue weighted by molar-refractivity contribution is 0.00330. The Labute approximate surface area is 111 Å². The van der Waals surface area contributed by atoms with Crippen LogP contribution in [0.1, 0.15) is 30.4 Å². The Bertz CT molecular complexity index is 448. The second kappa shape index (κ2) is 5.51. The van der Waals surface area contributed by atoms with Gasteiger partial charge in [-0.15, -0.1) is 0 Å². The van der Waals surface area contributed by atoms with Crippen LogP contribution in [0.3, 0.4) is 0 Å². The molecule has 0 radical (unpaired) electrons. The van der Waals surface area contributed by atoms with Gasteiger partial charge in [0.15, 0.2) is 0 Å². The average Bonchev–Trinajstić information content (AvgIpc) is 2.70. The maximum atomic E-state index is 13.2. The molecule has 5 heteroatoms. The van der Waals surface area contributed by atoms with Crippen LogP contribution < -0.4 is 11.3 Å². The Balaban J connectivity index is 2.09. The number of benzene rings is 1. The molecule has 2 unspecified atom stereocenters. The maximum absolute atomic E-state index is 13.2. The molecule has 0 bridgehead atoms. The Morgan fingerprint density at radius 3 is 2.79 bits per heavy atom. The molecule has 1 aromatic carbocycles. The Morgan fingerprint density at radius 2 is 2.21 bits per heavy atom. The first-order valence-corrected chi connectivity index (χ1v) is 6.50. The molecule has 0 heterocycles. The average molecular weight is 272 g/mol. The number of halogens is 3. The summed E-state index contributed by atoms with van der Waals surface area (Å²) in [6, 6.07) is 4.30. The third-order valence-electron chi connectivity index (χ3n) is 3.98. The standard InChI is InChI=1S/C14H19F3N2/c1-9-2-3-12(15)6-11(9)7-13(19-18)10-4-5-14(16,17)8-10/h2-3,6,10,13,19H,4-5,7-8,18H2,1H3. The van der Waals surface area contributed by atoms with Crippen LogP contribution in [-0.4, -0.2) is 12.0 Å². The molecule has 2 nitrogen and oxygen atoms in total. The van der Waals surface area contributed by atoms with Gasteiger partial charge in [-0.1, -0.05) is 6.07 Å². The van der Waals surface area contributed by atoms with Gasteiger partial charge in [-0.05, 0) is 48.9 Å². The molecule has 1 aromatic rings. The lowest BCUT2D eigenvalue weighted by Crippen LogP contribution is -2.42. The fourth-order valence-corrected chi connectivity index (χ4v) is 2.79. The lowest BCUT2D eigenvalue weighted by Gasteiger charge is -2.23. The van der Waals surface area contributed by atoms with E-state index >= 15 is 0 Å². The Morgan fingerprint density at radius 1 is 1.47 bits per heavy atom. The summed E-state index contributed by atoms with van der Waals surface area (Å²) in [5.41, 5.74) is 4.39. The van der Waals surface area contributed by atoms with E-state index in [0.29, 0.717) is 12.8 Å². The first-order valence-electron chi connectivity index (χ1n) is 6.50. The molecule has 0 spiro atoms. The van der Waals surface area contributed by atoms with Crippen molar-refractivity contribution in [2.45, 2.75) is 44.6 Å². The molecular weight excluding hydrogens is 253 g/mol. The van der Waals surface area contributed by atoms with Crippen molar-refractivity contribution < 1.29 is 13.2 Å². The van der Waals surface area contributed by atoms with Crippen LogP contribution in [-0.2, 0) is 6.42 Å². The highest BCUT2D eigenvalue weighted by atomic mass is 19.3. The van der Waals surface area contributed by atoms with Crippen molar-refractivity contribution in [1.29, 1.82) is 0 Å². The minimum absolute atomic E-state index is 0.0853. The molecule has 1 aliphatic rings. The number of rotatable bonds is 4. The van der Waals surface area contributed by atoms with Crippen molar-refractivity contribution in [3.05, 3.63) is 35.1 Å². The van der Waals surface area contributed by atoms with Gasteiger partial charge in [0.1, 0.15) is 5.82 Å². The minimum atomic E-state index is -2.59. The number of hydrogen-bond donors (Lipinski definition) is 2. The topological polar surface area (TPSA) is 38.0 Å². The van der Waals surface area contributed by atoms with E-state index in [9.17, 15) is 13.2 Å². The van der Waals surface area contributed by atoms with Crippen LogP contribution in [0.15, 0.2) is 18.2 Å². The largest absolute Gasteiger partial charge is 0.271 e. The predicted molar refractivity (Wildman–Crippen MR) is 68.2 cm³/mol. The molecule has 1 fully saturated rings. The molecule has 0 aromatic heterocycles. The SMILES string of the molecule is Cc1ccc(F)cc1CC(NN)C1CCC(F)(F)C1. The second-order valence-corrected chi connectivity index (χ2v) is 5.41. The maximum Gasteiger partial charge on any atom is 0.248 e. The minimum Gasteiger partial charge on any atom is -0.271 e. The first-order chi connectivity index (χ1) is 8.91. The van der Waals surface area contributed by atoms with Crippen molar-refractivity contribution in [3.63, 3.8) is 0 Å². The third kappa shape index (κ3) is 3.48. The smallest absolute Gasteiger partial charge is 0.248 e. The van der Waals surface area contributed by atoms with E-state index in [1.54, 1.807) is 6.07 Å². The number of hydrazine groups is 1. The molecule has 1 saturated carbocycles. The van der Waals surface area contributed by atoms with Crippen LogP contribution >= 0.6 is 0 Å². The van der Waals surface area contributed by atoms with Crippen molar-refractivity contribution >= 4 is 0 Å². The normalized spacial score (nSPS) is 23.5. The lowest BCUT2D eigenvalue weighted by atomic mass is 9.91. The molecule has 0 saturated heterocycles. The molecular formula is C14H19F3N2. The summed E-state index contributed by atoms with van der Waals surface area (Å²) >= 11 is 0. The molecule has 2 rings (SSSR count). The van der Waals surface area contributed by atoms with E-state index in [2.05, 4.69) is 5.43 Å². The zero-order chi connectivity index (χ0) is 14.0. The van der Waals surface area contributed by atoms with Crippen molar-refractivity contribution in [2.24, 2.45) is 11.8 Å². The summed E-state index contributed by atoms with van der Waals surface area (Å²) in [5.74, 6) is 2.43. The summed E-state index contributed by atoms with van der Waals surface area (Å²) in [5, 5.41) is 0. The number of hydrogen-bond acceptors (Lipinski definition) is 2. The van der Waals surface area contributed by atoms with Crippen LogP contribution in [0.4, 0.5) is 13.2 Å². The number of nitrogens with one attached hydrogen (secondary N) is 1. The molecule has 2 atom stereocenters. The van der Waals surface area contributed by atoms with E-state index in [4.69, 9.17) is 5.84 Å². The van der Waals surface area contributed by atoms with Gasteiger partial charge in [0.05, 0.1) is 0 Å². The number of nitrogens with two attached hydrogens (primary N) is 1. The highest BCUT2D eigenvalue weighted by molar-refractivity contribution is 5.27. The Kier molecular flexibility index (Phi) is 4.16. The highest BCUT2D eigenvalue weighted by Gasteiger charge is 2.42. The monoisotopic (exact) mass is 272 g/mol. The summed E-state index contributed by atoms with van der Waals surface area (Å²) in [4.78, 5) is 0. The van der Waals surface area contributed by atoms with Crippen molar-refractivity contribution in [3.8, 4) is 0 Å². The van der Waals surface area contributed by atoms with Gasteiger partial charge in [-0.3, -0.25) is 11.3 Å². The van der Waals surface area contributed by atoms with E-state index in [1.165, 1.54) is 12.1 Å². The molecule has 0 amide bonds. The van der Waals surface area contributed by atoms with E-state index in [0.717, 1.165) is 11.1 Å². The van der Waals surface area contributed by atoms with Crippen molar-refractivity contribution in [2.75, 3.05) is 0 Å². The van der Waals surface area contributed by atoms with Gasteiger partial charge >= 0.3 is 0 Å². The summed E-state index contributed by atoms with van der Waals surface area (Å²) in [6.07, 6.45) is 0.700. The molecule has 0 aliphatic heterocycles. The Hall–Kier alpha value is -1.07. The number of aryl methyl sites for hydroxylation is 1. The second-order valence-electron chi connectivity index (χ2n) is 5.41. The van der Waals surface area contributed by atoms with Crippen molar-refractivity contribution in [1.82, 2.24) is 5.43 Å². The summed E-state index contributed by atoms with van der Waals surface area (Å²) in [7, 11) is 0. The first kappa shape index (κ1) is 14.3. The predicted octanol–water partition coefficient (Wildman–Crippen LogP) is 2.94. The van der Waals surface area contributed by atoms with E-state index in [1.807, 2.05) is 6.92 Å². The fraction of sp³-hybridized carbons (Fsp3) is 0.571. The summed E-state index contributed by atoms with van der Waals surface area (Å²) < 4.78 is 39.7. The van der Waals surface area contributed by atoms with Crippen LogP contribution in [0, 0.1) is 18.7 Å². The fourth-order valence-electron chi connectivity index (χ4n) is 2.79. The highest BCUT2D eigenvalue weighted by Crippen LogP contribution is 2.40. The van der Waals surface area contributed by atoms with Gasteiger partial charge in [-0.25, -0.2) is 13.2 Å². The van der Waals surface area contributed by atoms with E-state index < -0.39 is 5.92 Å². The molecule has 106 valence electrons. The third-order valence-corrected chi connectivity index (χ3v) is 3.98. The van der Waals surface area contributed by atoms with Crippen LogP contribution in [0.2, 0.25) is 0 Å². The van der Waals surface area contributed by atoms with Crippen LogP contribution in [0.5, 0.6) is 0 Å². The number of alkyl halides is 2. The van der Waals surface area contributed by atoms with Gasteiger partial charge in [0.25, 0.3) is 0 Å². The molecule has 19 heavy (non-hydrogen) atoms. The van der Waals surface area contributed by atoms with Gasteiger partial charge in [0.2, 0.25) is 5.92 Å². The van der Waals surface area contributed by atoms with Gasteiger partial charge in [-0.2, -0.15) is 0 Å². The van der Waals surface area contributed by atoms with Crippen LogP contribution in [0.25, 0.3) is 0 Å². The quantitative estimate of drug-likeness (QED) is 0.653. The van der Waals surface area contributed by atoms with Gasteiger partial charge in [0, 0.05) is 18.9 Å². The van der Waals surface area contributed by atoms with E-state index in [-0.39, 0.29) is 30.6 Å². The summed E-state index contributed by atoms with van der Waals surface area (Å²) in [6.45, 7) is 1.88. The van der Waals surface area contributed by atoms with Gasteiger partial charge < -0.3 is 0 Å².